The van der Waals surface area contributed by atoms with Crippen LogP contribution in [0.5, 0.6) is 0 Å². The van der Waals surface area contributed by atoms with E-state index in [9.17, 15) is 9.59 Å². The lowest BCUT2D eigenvalue weighted by atomic mass is 10.1. The second-order valence-corrected chi connectivity index (χ2v) is 3.35. The molecular weight excluding hydrogens is 244 g/mol. The van der Waals surface area contributed by atoms with E-state index in [0.29, 0.717) is 5.69 Å². The molecule has 0 spiro atoms. The number of amides is 1. The standard InChI is InChI=1S/C11H9ClN2O3/c1-17-11(16)8-2-7(6-13)3-9(4-8)14-10(15)5-12/h2-4H,5H2,1H3,(H,14,15). The van der Waals surface area contributed by atoms with Crippen LogP contribution in [0.3, 0.4) is 0 Å². The molecule has 0 radical (unpaired) electrons. The van der Waals surface area contributed by atoms with Gasteiger partial charge in [0.25, 0.3) is 0 Å². The lowest BCUT2D eigenvalue weighted by molar-refractivity contribution is -0.113. The first-order valence-electron chi connectivity index (χ1n) is 4.60. The second kappa shape index (κ2) is 5.87. The molecule has 0 fully saturated rings. The van der Waals surface area contributed by atoms with Gasteiger partial charge in [-0.15, -0.1) is 11.6 Å². The highest BCUT2D eigenvalue weighted by Crippen LogP contribution is 2.15. The van der Waals surface area contributed by atoms with E-state index in [1.807, 2.05) is 6.07 Å². The summed E-state index contributed by atoms with van der Waals surface area (Å²) < 4.78 is 4.53. The number of nitrogens with one attached hydrogen (secondary N) is 1. The number of nitrogens with zero attached hydrogens (tertiary/aromatic N) is 1. The molecule has 0 saturated carbocycles. The van der Waals surface area contributed by atoms with Crippen molar-refractivity contribution in [2.75, 3.05) is 18.3 Å². The van der Waals surface area contributed by atoms with Crippen molar-refractivity contribution in [1.82, 2.24) is 0 Å². The number of nitriles is 1. The van der Waals surface area contributed by atoms with Crippen LogP contribution in [0.15, 0.2) is 18.2 Å². The van der Waals surface area contributed by atoms with Crippen molar-refractivity contribution in [2.45, 2.75) is 0 Å². The van der Waals surface area contributed by atoms with Crippen molar-refractivity contribution < 1.29 is 14.3 Å². The van der Waals surface area contributed by atoms with Gasteiger partial charge in [-0.05, 0) is 18.2 Å². The number of halogens is 1. The molecule has 0 unspecified atom stereocenters. The summed E-state index contributed by atoms with van der Waals surface area (Å²) >= 11 is 5.34. The minimum atomic E-state index is -0.580. The highest BCUT2D eigenvalue weighted by Gasteiger charge is 2.10. The zero-order valence-electron chi connectivity index (χ0n) is 8.99. The smallest absolute Gasteiger partial charge is 0.337 e. The van der Waals surface area contributed by atoms with Gasteiger partial charge in [0.1, 0.15) is 5.88 Å². The van der Waals surface area contributed by atoms with Crippen LogP contribution < -0.4 is 5.32 Å². The highest BCUT2D eigenvalue weighted by atomic mass is 35.5. The number of hydrogen-bond acceptors (Lipinski definition) is 4. The van der Waals surface area contributed by atoms with E-state index in [0.717, 1.165) is 0 Å². The summed E-state index contributed by atoms with van der Waals surface area (Å²) in [6, 6.07) is 6.12. The summed E-state index contributed by atoms with van der Waals surface area (Å²) in [5.74, 6) is -1.20. The van der Waals surface area contributed by atoms with Gasteiger partial charge in [0, 0.05) is 5.69 Å². The Morgan fingerprint density at radius 3 is 2.71 bits per heavy atom. The number of rotatable bonds is 3. The Labute approximate surface area is 103 Å². The van der Waals surface area contributed by atoms with Gasteiger partial charge in [0.05, 0.1) is 24.3 Å². The van der Waals surface area contributed by atoms with Crippen LogP contribution in [-0.4, -0.2) is 24.9 Å². The van der Waals surface area contributed by atoms with Crippen LogP contribution in [-0.2, 0) is 9.53 Å². The molecule has 5 nitrogen and oxygen atoms in total. The third-order valence-corrected chi connectivity index (χ3v) is 2.13. The van der Waals surface area contributed by atoms with Crippen molar-refractivity contribution in [3.05, 3.63) is 29.3 Å². The summed E-state index contributed by atoms with van der Waals surface area (Å²) in [6.45, 7) is 0. The molecule has 1 rings (SSSR count). The molecule has 0 saturated heterocycles. The van der Waals surface area contributed by atoms with Gasteiger partial charge in [-0.3, -0.25) is 4.79 Å². The summed E-state index contributed by atoms with van der Waals surface area (Å²) in [7, 11) is 1.23. The SMILES string of the molecule is COC(=O)c1cc(C#N)cc(NC(=O)CCl)c1. The number of esters is 1. The molecule has 0 bridgehead atoms. The number of carbonyl (C=O) groups is 2. The first kappa shape index (κ1) is 13.0. The molecule has 17 heavy (non-hydrogen) atoms. The van der Waals surface area contributed by atoms with Crippen LogP contribution in [0.2, 0.25) is 0 Å². The fourth-order valence-electron chi connectivity index (χ4n) is 1.19. The Morgan fingerprint density at radius 1 is 1.47 bits per heavy atom. The van der Waals surface area contributed by atoms with Gasteiger partial charge < -0.3 is 10.1 Å². The molecule has 0 aromatic heterocycles. The van der Waals surface area contributed by atoms with Crippen molar-refractivity contribution in [3.8, 4) is 6.07 Å². The van der Waals surface area contributed by atoms with Crippen molar-refractivity contribution in [3.63, 3.8) is 0 Å². The van der Waals surface area contributed by atoms with Gasteiger partial charge in [-0.2, -0.15) is 5.26 Å². The maximum atomic E-state index is 11.3. The minimum absolute atomic E-state index is 0.191. The fraction of sp³-hybridized carbons (Fsp3) is 0.182. The Bertz CT molecular complexity index is 494. The molecule has 1 aromatic carbocycles. The van der Waals surface area contributed by atoms with Crippen LogP contribution in [0.1, 0.15) is 15.9 Å². The van der Waals surface area contributed by atoms with Crippen LogP contribution in [0, 0.1) is 11.3 Å². The van der Waals surface area contributed by atoms with Gasteiger partial charge in [0.2, 0.25) is 5.91 Å². The number of benzene rings is 1. The number of ether oxygens (including phenoxy) is 1. The van der Waals surface area contributed by atoms with E-state index in [4.69, 9.17) is 16.9 Å². The first-order chi connectivity index (χ1) is 8.10. The van der Waals surface area contributed by atoms with Crippen molar-refractivity contribution >= 4 is 29.2 Å². The number of anilines is 1. The zero-order valence-corrected chi connectivity index (χ0v) is 9.75. The van der Waals surface area contributed by atoms with Gasteiger partial charge in [-0.1, -0.05) is 0 Å². The summed E-state index contributed by atoms with van der Waals surface area (Å²) in [5.41, 5.74) is 0.768. The Balaban J connectivity index is 3.10. The first-order valence-corrected chi connectivity index (χ1v) is 5.13. The molecule has 0 aliphatic carbocycles. The number of carbonyl (C=O) groups excluding carboxylic acids is 2. The van der Waals surface area contributed by atoms with E-state index < -0.39 is 11.9 Å². The third-order valence-electron chi connectivity index (χ3n) is 1.89. The van der Waals surface area contributed by atoms with Crippen molar-refractivity contribution in [1.29, 1.82) is 5.26 Å². The fourth-order valence-corrected chi connectivity index (χ4v) is 1.26. The molecule has 0 aliphatic heterocycles. The Hall–Kier alpha value is -2.06. The Morgan fingerprint density at radius 2 is 2.18 bits per heavy atom. The molecule has 0 atom stereocenters. The normalized spacial score (nSPS) is 9.24. The maximum Gasteiger partial charge on any atom is 0.337 e. The molecule has 88 valence electrons. The molecule has 0 aliphatic rings. The van der Waals surface area contributed by atoms with E-state index in [1.165, 1.54) is 25.3 Å². The maximum absolute atomic E-state index is 11.3. The van der Waals surface area contributed by atoms with E-state index in [1.54, 1.807) is 0 Å². The molecule has 0 heterocycles. The van der Waals surface area contributed by atoms with Gasteiger partial charge in [0.15, 0.2) is 0 Å². The van der Waals surface area contributed by atoms with E-state index >= 15 is 0 Å². The predicted molar refractivity (Wildman–Crippen MR) is 61.8 cm³/mol. The summed E-state index contributed by atoms with van der Waals surface area (Å²) in [4.78, 5) is 22.4. The predicted octanol–water partition coefficient (Wildman–Crippen LogP) is 1.52. The highest BCUT2D eigenvalue weighted by molar-refractivity contribution is 6.29. The molecule has 1 N–H and O–H groups in total. The third kappa shape index (κ3) is 3.47. The number of alkyl halides is 1. The van der Waals surface area contributed by atoms with E-state index in [-0.39, 0.29) is 17.0 Å². The average Bonchev–Trinajstić information content (AvgIpc) is 2.36. The lowest BCUT2D eigenvalue weighted by Crippen LogP contribution is -2.13. The van der Waals surface area contributed by atoms with Crippen molar-refractivity contribution in [2.24, 2.45) is 0 Å². The molecule has 6 heteroatoms. The van der Waals surface area contributed by atoms with Gasteiger partial charge in [-0.25, -0.2) is 4.79 Å². The topological polar surface area (TPSA) is 79.2 Å². The second-order valence-electron chi connectivity index (χ2n) is 3.08. The zero-order chi connectivity index (χ0) is 12.8. The monoisotopic (exact) mass is 252 g/mol. The molecule has 1 amide bonds. The largest absolute Gasteiger partial charge is 0.465 e. The summed E-state index contributed by atoms with van der Waals surface area (Å²) in [6.07, 6.45) is 0. The Kier molecular flexibility index (Phi) is 4.49. The van der Waals surface area contributed by atoms with Gasteiger partial charge >= 0.3 is 5.97 Å². The van der Waals surface area contributed by atoms with Crippen LogP contribution >= 0.6 is 11.6 Å². The minimum Gasteiger partial charge on any atom is -0.465 e. The quantitative estimate of drug-likeness (QED) is 0.653. The molecule has 1 aromatic rings. The van der Waals surface area contributed by atoms with E-state index in [2.05, 4.69) is 10.1 Å². The number of methoxy groups -OCH3 is 1. The number of hydrogen-bond donors (Lipinski definition) is 1. The summed E-state index contributed by atoms with van der Waals surface area (Å²) in [5, 5.41) is 11.2. The lowest BCUT2D eigenvalue weighted by Gasteiger charge is -2.06. The van der Waals surface area contributed by atoms with Crippen LogP contribution in [0.25, 0.3) is 0 Å². The average molecular weight is 253 g/mol. The molecular formula is C11H9ClN2O3. The van der Waals surface area contributed by atoms with Crippen LogP contribution in [0.4, 0.5) is 5.69 Å².